The van der Waals surface area contributed by atoms with Crippen molar-refractivity contribution in [1.29, 1.82) is 0 Å². The first-order chi connectivity index (χ1) is 6.66. The van der Waals surface area contributed by atoms with Crippen molar-refractivity contribution in [1.82, 2.24) is 5.32 Å². The first-order valence-corrected chi connectivity index (χ1v) is 4.95. The largest absolute Gasteiger partial charge is 0.409 e. The lowest BCUT2D eigenvalue weighted by Gasteiger charge is -2.23. The first-order valence-electron chi connectivity index (χ1n) is 4.95. The molecule has 1 unspecified atom stereocenters. The maximum Gasteiger partial charge on any atom is 0.139 e. The summed E-state index contributed by atoms with van der Waals surface area (Å²) in [7, 11) is 0. The molecule has 0 aromatic rings. The minimum atomic E-state index is 0.116. The van der Waals surface area contributed by atoms with E-state index in [0.717, 1.165) is 32.6 Å². The van der Waals surface area contributed by atoms with E-state index in [4.69, 9.17) is 15.7 Å². The van der Waals surface area contributed by atoms with Crippen molar-refractivity contribution in [2.75, 3.05) is 19.8 Å². The molecular weight excluding hydrogens is 182 g/mol. The second kappa shape index (κ2) is 5.17. The molecule has 5 heteroatoms. The third-order valence-corrected chi connectivity index (χ3v) is 2.51. The van der Waals surface area contributed by atoms with Gasteiger partial charge in [0.05, 0.1) is 6.61 Å². The van der Waals surface area contributed by atoms with Crippen molar-refractivity contribution in [3.05, 3.63) is 0 Å². The Hall–Kier alpha value is -0.810. The second-order valence-electron chi connectivity index (χ2n) is 3.98. The maximum atomic E-state index is 8.32. The van der Waals surface area contributed by atoms with Crippen LogP contribution in [0.15, 0.2) is 5.16 Å². The van der Waals surface area contributed by atoms with Crippen molar-refractivity contribution in [2.24, 2.45) is 10.9 Å². The zero-order valence-corrected chi connectivity index (χ0v) is 8.62. The monoisotopic (exact) mass is 201 g/mol. The van der Waals surface area contributed by atoms with E-state index in [-0.39, 0.29) is 5.54 Å². The Morgan fingerprint density at radius 3 is 3.07 bits per heavy atom. The van der Waals surface area contributed by atoms with E-state index in [0.29, 0.717) is 12.3 Å². The topological polar surface area (TPSA) is 79.9 Å². The van der Waals surface area contributed by atoms with E-state index < -0.39 is 0 Å². The van der Waals surface area contributed by atoms with Gasteiger partial charge < -0.3 is 21.0 Å². The minimum absolute atomic E-state index is 0.116. The van der Waals surface area contributed by atoms with Gasteiger partial charge in [-0.15, -0.1) is 0 Å². The van der Waals surface area contributed by atoms with E-state index in [1.54, 1.807) is 0 Å². The molecule has 5 nitrogen and oxygen atoms in total. The molecule has 1 heterocycles. The van der Waals surface area contributed by atoms with Gasteiger partial charge in [0.25, 0.3) is 0 Å². The fourth-order valence-corrected chi connectivity index (χ4v) is 1.52. The number of nitrogens with one attached hydrogen (secondary N) is 1. The Labute approximate surface area is 84.3 Å². The quantitative estimate of drug-likeness (QED) is 0.196. The third-order valence-electron chi connectivity index (χ3n) is 2.51. The number of ether oxygens (including phenoxy) is 1. The lowest BCUT2D eigenvalue weighted by Crippen LogP contribution is -2.43. The Kier molecular flexibility index (Phi) is 4.16. The zero-order chi connectivity index (χ0) is 10.4. The SMILES string of the molecule is CC1(NCCCC(N)=NO)CCOC1. The van der Waals surface area contributed by atoms with Crippen LogP contribution in [0.4, 0.5) is 0 Å². The van der Waals surface area contributed by atoms with Crippen LogP contribution in [0.25, 0.3) is 0 Å². The molecule has 0 aromatic carbocycles. The van der Waals surface area contributed by atoms with Crippen LogP contribution in [0.5, 0.6) is 0 Å². The molecular formula is C9H19N3O2. The molecule has 14 heavy (non-hydrogen) atoms. The Morgan fingerprint density at radius 1 is 1.71 bits per heavy atom. The van der Waals surface area contributed by atoms with Gasteiger partial charge in [0, 0.05) is 18.6 Å². The zero-order valence-electron chi connectivity index (χ0n) is 8.62. The number of oxime groups is 1. The normalized spacial score (nSPS) is 28.2. The molecule has 0 aromatic heterocycles. The minimum Gasteiger partial charge on any atom is -0.409 e. The van der Waals surface area contributed by atoms with Crippen LogP contribution in [0.3, 0.4) is 0 Å². The number of amidine groups is 1. The van der Waals surface area contributed by atoms with Crippen LogP contribution in [0.2, 0.25) is 0 Å². The number of nitrogens with zero attached hydrogens (tertiary/aromatic N) is 1. The summed E-state index contributed by atoms with van der Waals surface area (Å²) in [6, 6.07) is 0. The first kappa shape index (κ1) is 11.3. The van der Waals surface area contributed by atoms with E-state index in [2.05, 4.69) is 17.4 Å². The van der Waals surface area contributed by atoms with Crippen molar-refractivity contribution < 1.29 is 9.94 Å². The number of nitrogens with two attached hydrogens (primary N) is 1. The highest BCUT2D eigenvalue weighted by molar-refractivity contribution is 5.79. The molecule has 0 radical (unpaired) electrons. The number of hydrogen-bond acceptors (Lipinski definition) is 4. The Bertz CT molecular complexity index is 200. The van der Waals surface area contributed by atoms with E-state index >= 15 is 0 Å². The van der Waals surface area contributed by atoms with Gasteiger partial charge in [-0.1, -0.05) is 5.16 Å². The standard InChI is InChI=1S/C9H19N3O2/c1-9(4-6-14-7-9)11-5-2-3-8(10)12-13/h11,13H,2-7H2,1H3,(H2,10,12). The maximum absolute atomic E-state index is 8.32. The highest BCUT2D eigenvalue weighted by atomic mass is 16.5. The lowest BCUT2D eigenvalue weighted by molar-refractivity contribution is 0.172. The summed E-state index contributed by atoms with van der Waals surface area (Å²) < 4.78 is 5.31. The summed E-state index contributed by atoms with van der Waals surface area (Å²) in [4.78, 5) is 0. The van der Waals surface area contributed by atoms with Crippen LogP contribution in [-0.4, -0.2) is 36.3 Å². The fraction of sp³-hybridized carbons (Fsp3) is 0.889. The van der Waals surface area contributed by atoms with Gasteiger partial charge in [0.2, 0.25) is 0 Å². The van der Waals surface area contributed by atoms with Crippen molar-refractivity contribution in [2.45, 2.75) is 31.7 Å². The molecule has 82 valence electrons. The summed E-state index contributed by atoms with van der Waals surface area (Å²) in [5.74, 6) is 0.291. The summed E-state index contributed by atoms with van der Waals surface area (Å²) in [5.41, 5.74) is 5.46. The summed E-state index contributed by atoms with van der Waals surface area (Å²) >= 11 is 0. The number of hydrogen-bond donors (Lipinski definition) is 3. The summed E-state index contributed by atoms with van der Waals surface area (Å²) in [6.45, 7) is 4.64. The Balaban J connectivity index is 2.09. The highest BCUT2D eigenvalue weighted by Gasteiger charge is 2.28. The third kappa shape index (κ3) is 3.51. The van der Waals surface area contributed by atoms with Crippen LogP contribution in [-0.2, 0) is 4.74 Å². The molecule has 0 amide bonds. The molecule has 0 aliphatic carbocycles. The van der Waals surface area contributed by atoms with Crippen molar-refractivity contribution in [3.8, 4) is 0 Å². The van der Waals surface area contributed by atoms with Crippen LogP contribution < -0.4 is 11.1 Å². The predicted octanol–water partition coefficient (Wildman–Crippen LogP) is 0.282. The van der Waals surface area contributed by atoms with Gasteiger partial charge >= 0.3 is 0 Å². The van der Waals surface area contributed by atoms with Gasteiger partial charge in [0.1, 0.15) is 5.84 Å². The molecule has 1 rings (SSSR count). The molecule has 1 saturated heterocycles. The molecule has 1 fully saturated rings. The molecule has 0 saturated carbocycles. The van der Waals surface area contributed by atoms with E-state index in [1.807, 2.05) is 0 Å². The second-order valence-corrected chi connectivity index (χ2v) is 3.98. The van der Waals surface area contributed by atoms with Gasteiger partial charge in [-0.25, -0.2) is 0 Å². The lowest BCUT2D eigenvalue weighted by atomic mass is 10.0. The van der Waals surface area contributed by atoms with Gasteiger partial charge in [-0.05, 0) is 26.3 Å². The van der Waals surface area contributed by atoms with Crippen molar-refractivity contribution >= 4 is 5.84 Å². The average Bonchev–Trinajstić information content (AvgIpc) is 2.60. The van der Waals surface area contributed by atoms with E-state index in [1.165, 1.54) is 0 Å². The van der Waals surface area contributed by atoms with Crippen LogP contribution in [0, 0.1) is 0 Å². The predicted molar refractivity (Wildman–Crippen MR) is 54.5 cm³/mol. The van der Waals surface area contributed by atoms with Gasteiger partial charge in [-0.3, -0.25) is 0 Å². The molecule has 4 N–H and O–H groups in total. The molecule has 0 spiro atoms. The van der Waals surface area contributed by atoms with E-state index in [9.17, 15) is 0 Å². The molecule has 1 aliphatic heterocycles. The van der Waals surface area contributed by atoms with Gasteiger partial charge in [0.15, 0.2) is 0 Å². The fourth-order valence-electron chi connectivity index (χ4n) is 1.52. The highest BCUT2D eigenvalue weighted by Crippen LogP contribution is 2.17. The summed E-state index contributed by atoms with van der Waals surface area (Å²) in [6.07, 6.45) is 2.56. The molecule has 0 bridgehead atoms. The summed E-state index contributed by atoms with van der Waals surface area (Å²) in [5, 5.41) is 14.7. The molecule has 1 aliphatic rings. The average molecular weight is 201 g/mol. The Morgan fingerprint density at radius 2 is 2.50 bits per heavy atom. The smallest absolute Gasteiger partial charge is 0.139 e. The van der Waals surface area contributed by atoms with Crippen LogP contribution in [0.1, 0.15) is 26.2 Å². The molecule has 1 atom stereocenters. The van der Waals surface area contributed by atoms with Gasteiger partial charge in [-0.2, -0.15) is 0 Å². The number of rotatable bonds is 5. The van der Waals surface area contributed by atoms with Crippen molar-refractivity contribution in [3.63, 3.8) is 0 Å². The van der Waals surface area contributed by atoms with Crippen LogP contribution >= 0.6 is 0 Å².